The van der Waals surface area contributed by atoms with Crippen LogP contribution < -0.4 is 25.6 Å². The number of nitrogens with zero attached hydrogens (tertiary/aromatic N) is 2. The van der Waals surface area contributed by atoms with Crippen LogP contribution in [0, 0.1) is 6.92 Å². The van der Waals surface area contributed by atoms with E-state index >= 15 is 0 Å². The van der Waals surface area contributed by atoms with E-state index in [1.165, 1.54) is 79.7 Å². The highest BCUT2D eigenvalue weighted by Crippen LogP contribution is 2.43. The molecule has 0 unspecified atom stereocenters. The largest absolute Gasteiger partial charge is 0.310 e. The highest BCUT2D eigenvalue weighted by molar-refractivity contribution is 7.26. The van der Waals surface area contributed by atoms with Gasteiger partial charge in [-0.3, -0.25) is 0 Å². The van der Waals surface area contributed by atoms with Gasteiger partial charge in [-0.25, -0.2) is 0 Å². The Hall–Kier alpha value is -6.98. The molecule has 2 aromatic heterocycles. The number of hydrogen-bond acceptors (Lipinski definition) is 2. The lowest BCUT2D eigenvalue weighted by atomic mass is 10.1. The lowest BCUT2D eigenvalue weighted by Crippen LogP contribution is -2.74. The molecule has 59 heavy (non-hydrogen) atoms. The zero-order valence-corrected chi connectivity index (χ0v) is 34.5. The molecule has 0 spiro atoms. The fourth-order valence-electron chi connectivity index (χ4n) is 9.45. The van der Waals surface area contributed by atoms with Crippen LogP contribution in [0.3, 0.4) is 0 Å². The summed E-state index contributed by atoms with van der Waals surface area (Å²) in [7, 11) is -2.99. The maximum Gasteiger partial charge on any atom is 0.179 e. The third-order valence-corrected chi connectivity index (χ3v) is 18.0. The smallest absolute Gasteiger partial charge is 0.179 e. The van der Waals surface area contributed by atoms with Crippen molar-refractivity contribution in [3.05, 3.63) is 230 Å². The number of rotatable bonds is 8. The molecule has 0 saturated carbocycles. The molecule has 2 heterocycles. The van der Waals surface area contributed by atoms with Crippen molar-refractivity contribution in [3.63, 3.8) is 0 Å². The molecule has 9 aromatic carbocycles. The molecule has 0 bridgehead atoms. The van der Waals surface area contributed by atoms with Crippen LogP contribution in [0.5, 0.6) is 0 Å². The maximum absolute atomic E-state index is 2.99. The minimum Gasteiger partial charge on any atom is -0.310 e. The summed E-state index contributed by atoms with van der Waals surface area (Å²) in [5.74, 6) is 0. The van der Waals surface area contributed by atoms with Crippen molar-refractivity contribution in [1.82, 2.24) is 4.57 Å². The predicted octanol–water partition coefficient (Wildman–Crippen LogP) is 12.3. The number of aromatic nitrogens is 1. The van der Waals surface area contributed by atoms with Crippen molar-refractivity contribution in [2.75, 3.05) is 4.90 Å². The van der Waals surface area contributed by atoms with Crippen molar-refractivity contribution >= 4 is 99.2 Å². The zero-order chi connectivity index (χ0) is 39.3. The van der Waals surface area contributed by atoms with Crippen molar-refractivity contribution in [3.8, 4) is 5.69 Å². The van der Waals surface area contributed by atoms with Gasteiger partial charge in [0.25, 0.3) is 0 Å². The van der Waals surface area contributed by atoms with Crippen LogP contribution in [0.4, 0.5) is 17.1 Å². The summed E-state index contributed by atoms with van der Waals surface area (Å²) in [5, 5.41) is 10.5. The van der Waals surface area contributed by atoms with Crippen molar-refractivity contribution < 1.29 is 0 Å². The molecule has 0 amide bonds. The van der Waals surface area contributed by atoms with E-state index in [1.54, 1.807) is 0 Å². The van der Waals surface area contributed by atoms with Crippen LogP contribution in [-0.2, 0) is 0 Å². The molecule has 0 aliphatic heterocycles. The molecule has 11 aromatic rings. The minimum absolute atomic E-state index is 1.13. The molecule has 0 radical (unpaired) electrons. The Labute approximate surface area is 349 Å². The van der Waals surface area contributed by atoms with E-state index in [0.29, 0.717) is 0 Å². The van der Waals surface area contributed by atoms with E-state index in [4.69, 9.17) is 0 Å². The SMILES string of the molecule is Cc1ccccc1N(c1ccccc1)c1cccc([Si](c2ccccc2)(c2ccccc2)c2cccc(-n3c4ccccc4c4ccc5c6ccccc6sc5c43)c2)c1. The Morgan fingerprint density at radius 3 is 1.73 bits per heavy atom. The Bertz CT molecular complexity index is 3260. The molecule has 4 heteroatoms. The molecule has 0 aliphatic carbocycles. The lowest BCUT2D eigenvalue weighted by Gasteiger charge is -2.36. The molecule has 0 N–H and O–H groups in total. The van der Waals surface area contributed by atoms with Crippen molar-refractivity contribution in [1.29, 1.82) is 0 Å². The molecule has 280 valence electrons. The minimum atomic E-state index is -2.99. The van der Waals surface area contributed by atoms with Gasteiger partial charge in [0.05, 0.1) is 15.7 Å². The molecule has 0 atom stereocenters. The zero-order valence-electron chi connectivity index (χ0n) is 32.7. The molecular formula is C55H40N2SSi. The third kappa shape index (κ3) is 5.67. The van der Waals surface area contributed by atoms with E-state index in [2.05, 4.69) is 241 Å². The summed E-state index contributed by atoms with van der Waals surface area (Å²) in [4.78, 5) is 2.42. The second-order valence-electron chi connectivity index (χ2n) is 15.3. The van der Waals surface area contributed by atoms with Crippen LogP contribution in [-0.4, -0.2) is 12.6 Å². The monoisotopic (exact) mass is 788 g/mol. The summed E-state index contributed by atoms with van der Waals surface area (Å²) in [6.45, 7) is 2.20. The molecule has 0 saturated heterocycles. The van der Waals surface area contributed by atoms with Crippen LogP contribution in [0.2, 0.25) is 0 Å². The summed E-state index contributed by atoms with van der Waals surface area (Å²) in [5.41, 5.74) is 8.32. The number of benzene rings is 9. The summed E-state index contributed by atoms with van der Waals surface area (Å²) < 4.78 is 5.17. The summed E-state index contributed by atoms with van der Waals surface area (Å²) in [6, 6.07) is 83.3. The maximum atomic E-state index is 2.53. The first kappa shape index (κ1) is 35.2. The average molecular weight is 789 g/mol. The second-order valence-corrected chi connectivity index (χ2v) is 20.2. The van der Waals surface area contributed by atoms with Crippen LogP contribution in [0.15, 0.2) is 224 Å². The van der Waals surface area contributed by atoms with Gasteiger partial charge in [-0.05, 0) is 87.8 Å². The number of aryl methyl sites for hydroxylation is 1. The van der Waals surface area contributed by atoms with E-state index in [1.807, 2.05) is 11.3 Å². The van der Waals surface area contributed by atoms with Gasteiger partial charge in [0.2, 0.25) is 0 Å². The van der Waals surface area contributed by atoms with Crippen LogP contribution in [0.1, 0.15) is 5.56 Å². The predicted molar refractivity (Wildman–Crippen MR) is 257 cm³/mol. The number of fused-ring (bicyclic) bond motifs is 7. The first-order chi connectivity index (χ1) is 29.2. The van der Waals surface area contributed by atoms with Crippen LogP contribution in [0.25, 0.3) is 47.7 Å². The Balaban J connectivity index is 1.21. The van der Waals surface area contributed by atoms with Gasteiger partial charge in [0.15, 0.2) is 8.07 Å². The fraction of sp³-hybridized carbons (Fsp3) is 0.0182. The van der Waals surface area contributed by atoms with Gasteiger partial charge in [-0.15, -0.1) is 11.3 Å². The van der Waals surface area contributed by atoms with E-state index in [-0.39, 0.29) is 0 Å². The summed E-state index contributed by atoms with van der Waals surface area (Å²) in [6.07, 6.45) is 0. The Kier molecular flexibility index (Phi) is 8.61. The van der Waals surface area contributed by atoms with E-state index < -0.39 is 8.07 Å². The van der Waals surface area contributed by atoms with Gasteiger partial charge in [0, 0.05) is 49.0 Å². The molecule has 2 nitrogen and oxygen atoms in total. The third-order valence-electron chi connectivity index (χ3n) is 12.0. The number of anilines is 3. The quantitative estimate of drug-likeness (QED) is 0.110. The summed E-state index contributed by atoms with van der Waals surface area (Å²) >= 11 is 1.90. The molecular weight excluding hydrogens is 749 g/mol. The molecule has 0 aliphatic rings. The van der Waals surface area contributed by atoms with Gasteiger partial charge in [-0.1, -0.05) is 170 Å². The van der Waals surface area contributed by atoms with Gasteiger partial charge >= 0.3 is 0 Å². The Morgan fingerprint density at radius 2 is 0.983 bits per heavy atom. The first-order valence-corrected chi connectivity index (χ1v) is 23.1. The Morgan fingerprint density at radius 1 is 0.424 bits per heavy atom. The molecule has 11 rings (SSSR count). The van der Waals surface area contributed by atoms with Crippen molar-refractivity contribution in [2.24, 2.45) is 0 Å². The van der Waals surface area contributed by atoms with Crippen LogP contribution >= 0.6 is 11.3 Å². The fourth-order valence-corrected chi connectivity index (χ4v) is 15.5. The normalized spacial score (nSPS) is 11.8. The van der Waals surface area contributed by atoms with E-state index in [0.717, 1.165) is 11.4 Å². The number of thiophene rings is 1. The highest BCUT2D eigenvalue weighted by atomic mass is 32.1. The average Bonchev–Trinajstić information content (AvgIpc) is 3.85. The van der Waals surface area contributed by atoms with Gasteiger partial charge in [0.1, 0.15) is 0 Å². The number of hydrogen-bond donors (Lipinski definition) is 0. The van der Waals surface area contributed by atoms with E-state index in [9.17, 15) is 0 Å². The lowest BCUT2D eigenvalue weighted by molar-refractivity contribution is 1.19. The van der Waals surface area contributed by atoms with Gasteiger partial charge < -0.3 is 9.47 Å². The van der Waals surface area contributed by atoms with Crippen molar-refractivity contribution in [2.45, 2.75) is 6.92 Å². The second kappa shape index (κ2) is 14.4. The number of para-hydroxylation sites is 3. The standard InChI is InChI=1S/C55H40N2SSi/c1-39-19-11-14-32-51(39)56(40-20-5-2-6-21-40)41-22-17-28-45(37-41)59(43-24-7-3-8-25-43,44-26-9-4-10-27-44)46-29-18-23-42(38-46)57-52-33-15-12-30-47(52)49-35-36-50-48-31-13-16-34-53(48)58-55(50)54(49)57/h2-38H,1H3. The molecule has 0 fully saturated rings. The van der Waals surface area contributed by atoms with Gasteiger partial charge in [-0.2, -0.15) is 0 Å². The highest BCUT2D eigenvalue weighted by Gasteiger charge is 2.42. The topological polar surface area (TPSA) is 8.17 Å². The first-order valence-electron chi connectivity index (χ1n) is 20.3.